The molecule has 1 N–H and O–H groups in total. The highest BCUT2D eigenvalue weighted by Crippen LogP contribution is 2.36. The van der Waals surface area contributed by atoms with E-state index in [4.69, 9.17) is 11.6 Å². The summed E-state index contributed by atoms with van der Waals surface area (Å²) in [5.74, 6) is -0.134. The molecular weight excluding hydrogens is 377 g/mol. The van der Waals surface area contributed by atoms with Crippen molar-refractivity contribution in [1.82, 2.24) is 15.1 Å². The van der Waals surface area contributed by atoms with Gasteiger partial charge >= 0.3 is 0 Å². The summed E-state index contributed by atoms with van der Waals surface area (Å²) in [7, 11) is 0. The molecule has 0 unspecified atom stereocenters. The van der Waals surface area contributed by atoms with Crippen LogP contribution in [0.15, 0.2) is 54.7 Å². The van der Waals surface area contributed by atoms with Crippen LogP contribution in [0.3, 0.4) is 0 Å². The first-order valence-electron chi connectivity index (χ1n) is 9.45. The molecule has 0 bridgehead atoms. The number of halogens is 2. The van der Waals surface area contributed by atoms with Crippen LogP contribution in [-0.4, -0.2) is 27.5 Å². The van der Waals surface area contributed by atoms with Gasteiger partial charge in [0, 0.05) is 23.6 Å². The Morgan fingerprint density at radius 3 is 2.68 bits per heavy atom. The minimum atomic E-state index is -0.270. The van der Waals surface area contributed by atoms with Gasteiger partial charge in [0.15, 0.2) is 0 Å². The minimum Gasteiger partial charge on any atom is -0.334 e. The number of rotatable bonds is 5. The van der Waals surface area contributed by atoms with Crippen molar-refractivity contribution in [2.75, 3.05) is 6.54 Å². The molecule has 2 heterocycles. The van der Waals surface area contributed by atoms with Crippen molar-refractivity contribution in [3.05, 3.63) is 76.8 Å². The van der Waals surface area contributed by atoms with Crippen molar-refractivity contribution in [2.45, 2.75) is 31.7 Å². The van der Waals surface area contributed by atoms with Gasteiger partial charge in [-0.3, -0.25) is 9.89 Å². The predicted molar refractivity (Wildman–Crippen MR) is 107 cm³/mol. The van der Waals surface area contributed by atoms with E-state index in [1.54, 1.807) is 18.3 Å². The third kappa shape index (κ3) is 3.94. The van der Waals surface area contributed by atoms with Gasteiger partial charge in [-0.05, 0) is 54.7 Å². The number of amides is 1. The Kier molecular flexibility index (Phi) is 5.44. The van der Waals surface area contributed by atoms with E-state index >= 15 is 0 Å². The average Bonchev–Trinajstić information content (AvgIpc) is 3.37. The molecule has 3 aromatic rings. The number of aryl methyl sites for hydroxylation is 1. The van der Waals surface area contributed by atoms with Crippen LogP contribution in [0.1, 0.15) is 36.6 Å². The number of hydrogen-bond donors (Lipinski definition) is 1. The molecule has 0 spiro atoms. The summed E-state index contributed by atoms with van der Waals surface area (Å²) in [4.78, 5) is 14.8. The maximum atomic E-state index is 13.3. The molecule has 1 fully saturated rings. The van der Waals surface area contributed by atoms with Crippen LogP contribution in [0, 0.1) is 5.82 Å². The zero-order chi connectivity index (χ0) is 19.5. The molecule has 1 aromatic heterocycles. The molecule has 1 atom stereocenters. The normalized spacial score (nSPS) is 16.5. The fraction of sp³-hybridized carbons (Fsp3) is 0.273. The summed E-state index contributed by atoms with van der Waals surface area (Å²) in [6, 6.07) is 13.9. The lowest BCUT2D eigenvalue weighted by Crippen LogP contribution is -2.31. The first-order chi connectivity index (χ1) is 13.6. The zero-order valence-corrected chi connectivity index (χ0v) is 16.1. The van der Waals surface area contributed by atoms with E-state index in [2.05, 4.69) is 10.2 Å². The third-order valence-electron chi connectivity index (χ3n) is 5.27. The lowest BCUT2D eigenvalue weighted by molar-refractivity contribution is -0.132. The van der Waals surface area contributed by atoms with E-state index in [9.17, 15) is 9.18 Å². The smallest absolute Gasteiger partial charge is 0.223 e. The van der Waals surface area contributed by atoms with Gasteiger partial charge in [-0.25, -0.2) is 4.39 Å². The van der Waals surface area contributed by atoms with Crippen molar-refractivity contribution in [3.63, 3.8) is 0 Å². The fourth-order valence-electron chi connectivity index (χ4n) is 3.82. The second-order valence-electron chi connectivity index (χ2n) is 7.08. The van der Waals surface area contributed by atoms with Crippen LogP contribution in [0.2, 0.25) is 5.02 Å². The first-order valence-corrected chi connectivity index (χ1v) is 9.83. The third-order valence-corrected chi connectivity index (χ3v) is 5.52. The van der Waals surface area contributed by atoms with Crippen molar-refractivity contribution in [2.24, 2.45) is 0 Å². The summed E-state index contributed by atoms with van der Waals surface area (Å²) in [5.41, 5.74) is 3.83. The summed E-state index contributed by atoms with van der Waals surface area (Å²) in [5, 5.41) is 7.96. The van der Waals surface area contributed by atoms with Crippen LogP contribution in [-0.2, 0) is 11.2 Å². The molecule has 1 amide bonds. The molecule has 4 rings (SSSR count). The molecule has 0 saturated carbocycles. The molecule has 1 aliphatic heterocycles. The Hall–Kier alpha value is -2.66. The number of likely N-dealkylation sites (tertiary alicyclic amines) is 1. The number of nitrogens with zero attached hydrogens (tertiary/aromatic N) is 2. The second-order valence-corrected chi connectivity index (χ2v) is 7.51. The van der Waals surface area contributed by atoms with E-state index in [0.717, 1.165) is 41.8 Å². The molecule has 0 aliphatic carbocycles. The van der Waals surface area contributed by atoms with Crippen LogP contribution in [0.25, 0.3) is 11.1 Å². The highest BCUT2D eigenvalue weighted by atomic mass is 35.5. The maximum Gasteiger partial charge on any atom is 0.223 e. The molecule has 0 radical (unpaired) electrons. The summed E-state index contributed by atoms with van der Waals surface area (Å²) < 4.78 is 13.3. The standard InChI is InChI=1S/C22H21ClFN3O/c23-17-8-3-15(4-9-17)5-12-21(28)27-13-1-2-20(27)22-19(14-25-26-22)16-6-10-18(24)11-7-16/h3-4,6-11,14,20H,1-2,5,12-13H2,(H,25,26)/t20-/m0/s1. The largest absolute Gasteiger partial charge is 0.334 e. The zero-order valence-electron chi connectivity index (χ0n) is 15.4. The van der Waals surface area contributed by atoms with Crippen molar-refractivity contribution < 1.29 is 9.18 Å². The van der Waals surface area contributed by atoms with Gasteiger partial charge in [0.25, 0.3) is 0 Å². The number of carbonyl (C=O) groups is 1. The lowest BCUT2D eigenvalue weighted by atomic mass is 10.0. The average molecular weight is 398 g/mol. The Labute approximate surface area is 168 Å². The Bertz CT molecular complexity index is 953. The van der Waals surface area contributed by atoms with E-state index in [0.29, 0.717) is 17.9 Å². The van der Waals surface area contributed by atoms with Crippen LogP contribution >= 0.6 is 11.6 Å². The van der Waals surface area contributed by atoms with Gasteiger partial charge < -0.3 is 4.90 Å². The van der Waals surface area contributed by atoms with Crippen LogP contribution in [0.4, 0.5) is 4.39 Å². The Balaban J connectivity index is 1.49. The van der Waals surface area contributed by atoms with Crippen LogP contribution in [0.5, 0.6) is 0 Å². The number of carbonyl (C=O) groups excluding carboxylic acids is 1. The highest BCUT2D eigenvalue weighted by molar-refractivity contribution is 6.30. The van der Waals surface area contributed by atoms with Crippen LogP contribution < -0.4 is 0 Å². The van der Waals surface area contributed by atoms with E-state index in [1.165, 1.54) is 12.1 Å². The van der Waals surface area contributed by atoms with Gasteiger partial charge in [0.2, 0.25) is 5.91 Å². The molecule has 2 aromatic carbocycles. The summed E-state index contributed by atoms with van der Waals surface area (Å²) in [6.07, 6.45) is 4.74. The topological polar surface area (TPSA) is 49.0 Å². The quantitative estimate of drug-likeness (QED) is 0.646. The van der Waals surface area contributed by atoms with Crippen molar-refractivity contribution in [3.8, 4) is 11.1 Å². The van der Waals surface area contributed by atoms with Gasteiger partial charge in [-0.1, -0.05) is 35.9 Å². The fourth-order valence-corrected chi connectivity index (χ4v) is 3.95. The molecule has 28 heavy (non-hydrogen) atoms. The summed E-state index contributed by atoms with van der Waals surface area (Å²) in [6.45, 7) is 0.742. The number of H-pyrrole nitrogens is 1. The molecule has 144 valence electrons. The number of nitrogens with one attached hydrogen (secondary N) is 1. The van der Waals surface area contributed by atoms with Gasteiger partial charge in [-0.2, -0.15) is 5.10 Å². The van der Waals surface area contributed by atoms with Gasteiger partial charge in [0.05, 0.1) is 17.9 Å². The first kappa shape index (κ1) is 18.7. The molecule has 1 saturated heterocycles. The SMILES string of the molecule is O=C(CCc1ccc(Cl)cc1)N1CCC[C@H]1c1[nH]ncc1-c1ccc(F)cc1. The predicted octanol–water partition coefficient (Wildman–Crippen LogP) is 5.17. The monoisotopic (exact) mass is 397 g/mol. The molecule has 4 nitrogen and oxygen atoms in total. The second kappa shape index (κ2) is 8.15. The lowest BCUT2D eigenvalue weighted by Gasteiger charge is -2.25. The van der Waals surface area contributed by atoms with Gasteiger partial charge in [0.1, 0.15) is 5.82 Å². The van der Waals surface area contributed by atoms with Gasteiger partial charge in [-0.15, -0.1) is 0 Å². The number of hydrogen-bond acceptors (Lipinski definition) is 2. The Morgan fingerprint density at radius 2 is 1.93 bits per heavy atom. The van der Waals surface area contributed by atoms with Crippen molar-refractivity contribution >= 4 is 17.5 Å². The Morgan fingerprint density at radius 1 is 1.18 bits per heavy atom. The summed E-state index contributed by atoms with van der Waals surface area (Å²) >= 11 is 5.92. The minimum absolute atomic E-state index is 0.0275. The highest BCUT2D eigenvalue weighted by Gasteiger charge is 2.32. The molecule has 6 heteroatoms. The number of benzene rings is 2. The van der Waals surface area contributed by atoms with E-state index < -0.39 is 0 Å². The van der Waals surface area contributed by atoms with E-state index in [1.807, 2.05) is 29.2 Å². The van der Waals surface area contributed by atoms with E-state index in [-0.39, 0.29) is 17.8 Å². The molecule has 1 aliphatic rings. The molecular formula is C22H21ClFN3O. The maximum absolute atomic E-state index is 13.3. The van der Waals surface area contributed by atoms with Crippen molar-refractivity contribution in [1.29, 1.82) is 0 Å². The number of aromatic amines is 1. The number of aromatic nitrogens is 2.